The van der Waals surface area contributed by atoms with Crippen molar-refractivity contribution in [3.05, 3.63) is 35.8 Å². The van der Waals surface area contributed by atoms with Crippen molar-refractivity contribution in [3.8, 4) is 0 Å². The van der Waals surface area contributed by atoms with Crippen LogP contribution in [0.3, 0.4) is 0 Å². The maximum absolute atomic E-state index is 13.0. The number of hydrogen-bond donors (Lipinski definition) is 2. The van der Waals surface area contributed by atoms with Gasteiger partial charge in [-0.05, 0) is 23.6 Å². The Bertz CT molecular complexity index is 408. The molecule has 2 rings (SSSR count). The van der Waals surface area contributed by atoms with Gasteiger partial charge in [-0.3, -0.25) is 0 Å². The van der Waals surface area contributed by atoms with Crippen LogP contribution >= 0.6 is 0 Å². The van der Waals surface area contributed by atoms with E-state index in [4.69, 9.17) is 5.11 Å². The topological polar surface area (TPSA) is 36.0 Å². The molecule has 0 saturated carbocycles. The summed E-state index contributed by atoms with van der Waals surface area (Å²) in [5, 5.41) is 9.68. The molecule has 0 bridgehead atoms. The van der Waals surface area contributed by atoms with E-state index in [2.05, 4.69) is 4.98 Å². The average molecular weight is 165 g/mol. The number of aliphatic hydroxyl groups is 1. The second-order valence-corrected chi connectivity index (χ2v) is 2.67. The molecule has 12 heavy (non-hydrogen) atoms. The largest absolute Gasteiger partial charge is 0.392 e. The van der Waals surface area contributed by atoms with E-state index in [-0.39, 0.29) is 12.4 Å². The minimum Gasteiger partial charge on any atom is -0.392 e. The Balaban J connectivity index is 2.73. The van der Waals surface area contributed by atoms with Gasteiger partial charge in [-0.2, -0.15) is 0 Å². The van der Waals surface area contributed by atoms with E-state index in [9.17, 15) is 4.39 Å². The average Bonchev–Trinajstić information content (AvgIpc) is 2.49. The van der Waals surface area contributed by atoms with E-state index < -0.39 is 0 Å². The highest BCUT2D eigenvalue weighted by Gasteiger charge is 2.03. The van der Waals surface area contributed by atoms with Crippen LogP contribution in [-0.2, 0) is 6.61 Å². The van der Waals surface area contributed by atoms with Crippen molar-refractivity contribution in [2.24, 2.45) is 0 Å². The summed E-state index contributed by atoms with van der Waals surface area (Å²) in [6, 6.07) is 4.87. The fourth-order valence-electron chi connectivity index (χ4n) is 1.24. The van der Waals surface area contributed by atoms with Crippen molar-refractivity contribution < 1.29 is 9.50 Å². The molecule has 62 valence electrons. The molecule has 0 radical (unpaired) electrons. The predicted octanol–water partition coefficient (Wildman–Crippen LogP) is 1.80. The van der Waals surface area contributed by atoms with Crippen LogP contribution in [0.5, 0.6) is 0 Å². The Kier molecular flexibility index (Phi) is 1.59. The number of hydrogen-bond acceptors (Lipinski definition) is 1. The van der Waals surface area contributed by atoms with Gasteiger partial charge in [0.05, 0.1) is 6.61 Å². The lowest BCUT2D eigenvalue weighted by atomic mass is 10.1. The predicted molar refractivity (Wildman–Crippen MR) is 44.2 cm³/mol. The first kappa shape index (κ1) is 7.31. The summed E-state index contributed by atoms with van der Waals surface area (Å²) in [7, 11) is 0. The molecule has 0 amide bonds. The highest BCUT2D eigenvalue weighted by molar-refractivity contribution is 5.80. The molecular weight excluding hydrogens is 157 g/mol. The summed E-state index contributed by atoms with van der Waals surface area (Å²) in [6.07, 6.45) is 1.74. The fourth-order valence-corrected chi connectivity index (χ4v) is 1.24. The fraction of sp³-hybridized carbons (Fsp3) is 0.111. The quantitative estimate of drug-likeness (QED) is 0.664. The van der Waals surface area contributed by atoms with Crippen molar-refractivity contribution >= 4 is 10.9 Å². The first-order valence-electron chi connectivity index (χ1n) is 3.67. The van der Waals surface area contributed by atoms with Crippen molar-refractivity contribution in [2.45, 2.75) is 6.61 Å². The minimum atomic E-state index is -0.368. The molecule has 3 heteroatoms. The van der Waals surface area contributed by atoms with Crippen LogP contribution in [0, 0.1) is 5.82 Å². The van der Waals surface area contributed by atoms with Gasteiger partial charge >= 0.3 is 0 Å². The highest BCUT2D eigenvalue weighted by atomic mass is 19.1. The SMILES string of the molecule is OCc1cc2cc[nH]c2cc1F. The van der Waals surface area contributed by atoms with Gasteiger partial charge in [-0.15, -0.1) is 0 Å². The molecule has 0 spiro atoms. The molecule has 0 fully saturated rings. The maximum atomic E-state index is 13.0. The maximum Gasteiger partial charge on any atom is 0.130 e. The number of aromatic amines is 1. The number of benzene rings is 1. The summed E-state index contributed by atoms with van der Waals surface area (Å²) in [5.41, 5.74) is 1.09. The first-order chi connectivity index (χ1) is 5.81. The molecule has 0 aliphatic carbocycles. The molecule has 1 heterocycles. The van der Waals surface area contributed by atoms with Crippen molar-refractivity contribution in [1.82, 2.24) is 4.98 Å². The number of aromatic nitrogens is 1. The summed E-state index contributed by atoms with van der Waals surface area (Å²) in [6.45, 7) is -0.257. The third kappa shape index (κ3) is 0.987. The zero-order valence-corrected chi connectivity index (χ0v) is 6.34. The lowest BCUT2D eigenvalue weighted by Gasteiger charge is -1.98. The van der Waals surface area contributed by atoms with Crippen LogP contribution < -0.4 is 0 Å². The lowest BCUT2D eigenvalue weighted by Crippen LogP contribution is -1.88. The van der Waals surface area contributed by atoms with Crippen LogP contribution in [0.1, 0.15) is 5.56 Å². The molecular formula is C9H8FNO. The highest BCUT2D eigenvalue weighted by Crippen LogP contribution is 2.17. The number of H-pyrrole nitrogens is 1. The van der Waals surface area contributed by atoms with Crippen LogP contribution in [0.2, 0.25) is 0 Å². The zero-order chi connectivity index (χ0) is 8.55. The Morgan fingerprint density at radius 2 is 2.25 bits per heavy atom. The molecule has 0 saturated heterocycles. The molecule has 2 N–H and O–H groups in total. The molecule has 1 aromatic heterocycles. The molecule has 2 aromatic rings. The van der Waals surface area contributed by atoms with Crippen molar-refractivity contribution in [3.63, 3.8) is 0 Å². The van der Waals surface area contributed by atoms with E-state index in [1.54, 1.807) is 12.3 Å². The minimum absolute atomic E-state index is 0.257. The van der Waals surface area contributed by atoms with Gasteiger partial charge in [0.1, 0.15) is 5.82 Å². The van der Waals surface area contributed by atoms with E-state index in [0.29, 0.717) is 5.56 Å². The van der Waals surface area contributed by atoms with E-state index in [1.165, 1.54) is 6.07 Å². The van der Waals surface area contributed by atoms with E-state index >= 15 is 0 Å². The third-order valence-corrected chi connectivity index (χ3v) is 1.89. The molecule has 2 nitrogen and oxygen atoms in total. The molecule has 1 aromatic carbocycles. The number of fused-ring (bicyclic) bond motifs is 1. The zero-order valence-electron chi connectivity index (χ0n) is 6.34. The number of halogens is 1. The second kappa shape index (κ2) is 2.60. The smallest absolute Gasteiger partial charge is 0.130 e. The summed E-state index contributed by atoms with van der Waals surface area (Å²) in [5.74, 6) is -0.368. The first-order valence-corrected chi connectivity index (χ1v) is 3.67. The van der Waals surface area contributed by atoms with Gasteiger partial charge < -0.3 is 10.1 Å². The van der Waals surface area contributed by atoms with Gasteiger partial charge in [0.2, 0.25) is 0 Å². The number of rotatable bonds is 1. The van der Waals surface area contributed by atoms with Crippen molar-refractivity contribution in [2.75, 3.05) is 0 Å². The van der Waals surface area contributed by atoms with E-state index in [0.717, 1.165) is 10.9 Å². The van der Waals surface area contributed by atoms with Gasteiger partial charge in [-0.1, -0.05) is 0 Å². The molecule has 0 aliphatic rings. The van der Waals surface area contributed by atoms with Crippen molar-refractivity contribution in [1.29, 1.82) is 0 Å². The van der Waals surface area contributed by atoms with E-state index in [1.807, 2.05) is 6.07 Å². The Hall–Kier alpha value is -1.35. The van der Waals surface area contributed by atoms with Crippen LogP contribution in [0.4, 0.5) is 4.39 Å². The summed E-state index contributed by atoms with van der Waals surface area (Å²) in [4.78, 5) is 2.89. The molecule has 0 atom stereocenters. The molecule has 0 aliphatic heterocycles. The van der Waals surface area contributed by atoms with Gasteiger partial charge in [-0.25, -0.2) is 4.39 Å². The standard InChI is InChI=1S/C9H8FNO/c10-8-4-9-6(1-2-11-9)3-7(8)5-12/h1-4,11-12H,5H2. The lowest BCUT2D eigenvalue weighted by molar-refractivity contribution is 0.276. The van der Waals surface area contributed by atoms with Crippen LogP contribution in [-0.4, -0.2) is 10.1 Å². The summed E-state index contributed by atoms with van der Waals surface area (Å²) < 4.78 is 13.0. The van der Waals surface area contributed by atoms with Gasteiger partial charge in [0.25, 0.3) is 0 Å². The Labute approximate surface area is 68.6 Å². The summed E-state index contributed by atoms with van der Waals surface area (Å²) >= 11 is 0. The third-order valence-electron chi connectivity index (χ3n) is 1.89. The number of nitrogens with one attached hydrogen (secondary N) is 1. The van der Waals surface area contributed by atoms with Crippen LogP contribution in [0.15, 0.2) is 24.4 Å². The number of aliphatic hydroxyl groups excluding tert-OH is 1. The van der Waals surface area contributed by atoms with Gasteiger partial charge in [0, 0.05) is 17.3 Å². The molecule has 0 unspecified atom stereocenters. The monoisotopic (exact) mass is 165 g/mol. The Morgan fingerprint density at radius 1 is 1.42 bits per heavy atom. The second-order valence-electron chi connectivity index (χ2n) is 2.67. The van der Waals surface area contributed by atoms with Crippen LogP contribution in [0.25, 0.3) is 10.9 Å². The van der Waals surface area contributed by atoms with Gasteiger partial charge in [0.15, 0.2) is 0 Å². The normalized spacial score (nSPS) is 10.8. The Morgan fingerprint density at radius 3 is 3.00 bits per heavy atom.